The maximum Gasteiger partial charge on any atom is 0.125 e. The molecule has 0 aliphatic heterocycles. The lowest BCUT2D eigenvalue weighted by Crippen LogP contribution is -2.06. The van der Waals surface area contributed by atoms with Crippen molar-refractivity contribution in [3.63, 3.8) is 0 Å². The topological polar surface area (TPSA) is 44.5 Å². The monoisotopic (exact) mass is 291 g/mol. The lowest BCUT2D eigenvalue weighted by molar-refractivity contribution is 0.294. The van der Waals surface area contributed by atoms with E-state index in [2.05, 4.69) is 0 Å². The minimum absolute atomic E-state index is 0.432. The number of halogens is 1. The predicted molar refractivity (Wildman–Crippen MR) is 81.5 cm³/mol. The average Bonchev–Trinajstić information content (AvgIpc) is 2.48. The van der Waals surface area contributed by atoms with Crippen molar-refractivity contribution in [2.24, 2.45) is 5.73 Å². The van der Waals surface area contributed by atoms with Gasteiger partial charge in [0.15, 0.2) is 0 Å². The Balaban J connectivity index is 2.16. The van der Waals surface area contributed by atoms with Gasteiger partial charge in [-0.15, -0.1) is 0 Å². The van der Waals surface area contributed by atoms with Gasteiger partial charge in [0.05, 0.1) is 7.11 Å². The Hall–Kier alpha value is -1.71. The Morgan fingerprint density at radius 2 is 1.80 bits per heavy atom. The third-order valence-corrected chi connectivity index (χ3v) is 3.40. The van der Waals surface area contributed by atoms with E-state index in [1.807, 2.05) is 42.5 Å². The van der Waals surface area contributed by atoms with Crippen LogP contribution in [0.5, 0.6) is 11.5 Å². The van der Waals surface area contributed by atoms with E-state index in [4.69, 9.17) is 26.8 Å². The molecule has 0 bridgehead atoms. The molecule has 0 radical (unpaired) electrons. The maximum atomic E-state index is 6.19. The van der Waals surface area contributed by atoms with E-state index in [0.29, 0.717) is 24.6 Å². The third-order valence-electron chi connectivity index (χ3n) is 3.05. The normalized spacial score (nSPS) is 10.3. The summed E-state index contributed by atoms with van der Waals surface area (Å²) < 4.78 is 11.2. The molecule has 0 aromatic heterocycles. The molecule has 0 atom stereocenters. The van der Waals surface area contributed by atoms with Gasteiger partial charge in [0, 0.05) is 16.1 Å². The fourth-order valence-electron chi connectivity index (χ4n) is 2.04. The van der Waals surface area contributed by atoms with Crippen LogP contribution in [0.1, 0.15) is 11.1 Å². The molecule has 0 spiro atoms. The van der Waals surface area contributed by atoms with Crippen LogP contribution >= 0.6 is 11.6 Å². The van der Waals surface area contributed by atoms with Gasteiger partial charge in [0.2, 0.25) is 0 Å². The van der Waals surface area contributed by atoms with Crippen molar-refractivity contribution in [1.29, 1.82) is 0 Å². The first-order valence-corrected chi connectivity index (χ1v) is 6.86. The van der Waals surface area contributed by atoms with Gasteiger partial charge < -0.3 is 15.2 Å². The number of para-hydroxylation sites is 1. The molecule has 2 rings (SSSR count). The van der Waals surface area contributed by atoms with Crippen molar-refractivity contribution in [2.75, 3.05) is 13.7 Å². The molecule has 0 amide bonds. The van der Waals surface area contributed by atoms with Gasteiger partial charge in [-0.2, -0.15) is 0 Å². The van der Waals surface area contributed by atoms with Crippen LogP contribution in [0.25, 0.3) is 0 Å². The van der Waals surface area contributed by atoms with Crippen LogP contribution in [0.4, 0.5) is 0 Å². The maximum absolute atomic E-state index is 6.19. The first-order valence-electron chi connectivity index (χ1n) is 6.48. The van der Waals surface area contributed by atoms with Gasteiger partial charge in [0.25, 0.3) is 0 Å². The van der Waals surface area contributed by atoms with Crippen molar-refractivity contribution in [3.05, 3.63) is 58.6 Å². The van der Waals surface area contributed by atoms with Gasteiger partial charge in [-0.25, -0.2) is 0 Å². The first-order chi connectivity index (χ1) is 9.76. The molecule has 0 heterocycles. The largest absolute Gasteiger partial charge is 0.496 e. The summed E-state index contributed by atoms with van der Waals surface area (Å²) in [6.07, 6.45) is 0.695. The highest BCUT2D eigenvalue weighted by Crippen LogP contribution is 2.28. The van der Waals surface area contributed by atoms with E-state index < -0.39 is 0 Å². The number of hydrogen-bond donors (Lipinski definition) is 1. The molecule has 2 aromatic carbocycles. The summed E-state index contributed by atoms with van der Waals surface area (Å²) in [4.78, 5) is 0. The van der Waals surface area contributed by atoms with Gasteiger partial charge in [0.1, 0.15) is 18.1 Å². The molecule has 0 saturated carbocycles. The lowest BCUT2D eigenvalue weighted by Gasteiger charge is -2.14. The molecule has 0 fully saturated rings. The van der Waals surface area contributed by atoms with E-state index in [0.717, 1.165) is 22.6 Å². The number of methoxy groups -OCH3 is 1. The molecule has 2 aromatic rings. The van der Waals surface area contributed by atoms with Crippen molar-refractivity contribution in [1.82, 2.24) is 0 Å². The number of rotatable bonds is 6. The predicted octanol–water partition coefficient (Wildman–Crippen LogP) is 3.43. The molecule has 0 aliphatic carbocycles. The highest BCUT2D eigenvalue weighted by Gasteiger charge is 2.09. The summed E-state index contributed by atoms with van der Waals surface area (Å²) in [7, 11) is 1.65. The average molecular weight is 292 g/mol. The lowest BCUT2D eigenvalue weighted by atomic mass is 10.1. The van der Waals surface area contributed by atoms with Crippen LogP contribution in [0.2, 0.25) is 5.02 Å². The Labute approximate surface area is 124 Å². The highest BCUT2D eigenvalue weighted by atomic mass is 35.5. The van der Waals surface area contributed by atoms with E-state index in [9.17, 15) is 0 Å². The molecule has 106 valence electrons. The summed E-state index contributed by atoms with van der Waals surface area (Å²) >= 11 is 6.19. The second-order valence-electron chi connectivity index (χ2n) is 4.36. The highest BCUT2D eigenvalue weighted by molar-refractivity contribution is 6.31. The van der Waals surface area contributed by atoms with Crippen LogP contribution in [0.15, 0.2) is 42.5 Å². The van der Waals surface area contributed by atoms with Crippen molar-refractivity contribution >= 4 is 11.6 Å². The van der Waals surface area contributed by atoms with E-state index in [1.165, 1.54) is 0 Å². The van der Waals surface area contributed by atoms with Gasteiger partial charge in [-0.1, -0.05) is 35.9 Å². The van der Waals surface area contributed by atoms with Gasteiger partial charge in [-0.05, 0) is 31.2 Å². The van der Waals surface area contributed by atoms with Crippen molar-refractivity contribution in [3.8, 4) is 11.5 Å². The van der Waals surface area contributed by atoms with E-state index in [-0.39, 0.29) is 0 Å². The van der Waals surface area contributed by atoms with Crippen LogP contribution in [0.3, 0.4) is 0 Å². The molecule has 20 heavy (non-hydrogen) atoms. The van der Waals surface area contributed by atoms with Crippen LogP contribution in [0, 0.1) is 0 Å². The second kappa shape index (κ2) is 7.17. The standard InChI is InChI=1S/C16H18ClNO2/c1-19-15-7-3-2-5-12(15)11-20-16-8-4-6-14(17)13(16)9-10-18/h2-8H,9-11,18H2,1H3. The summed E-state index contributed by atoms with van der Waals surface area (Å²) in [5.74, 6) is 1.59. The molecule has 4 heteroatoms. The van der Waals surface area contributed by atoms with Crippen LogP contribution in [-0.2, 0) is 13.0 Å². The molecule has 0 saturated heterocycles. The summed E-state index contributed by atoms with van der Waals surface area (Å²) in [6.45, 7) is 0.969. The fraction of sp³-hybridized carbons (Fsp3) is 0.250. The van der Waals surface area contributed by atoms with Crippen molar-refractivity contribution < 1.29 is 9.47 Å². The minimum Gasteiger partial charge on any atom is -0.496 e. The van der Waals surface area contributed by atoms with Crippen LogP contribution in [-0.4, -0.2) is 13.7 Å². The van der Waals surface area contributed by atoms with Crippen LogP contribution < -0.4 is 15.2 Å². The molecule has 3 nitrogen and oxygen atoms in total. The molecular weight excluding hydrogens is 274 g/mol. The minimum atomic E-state index is 0.432. The van der Waals surface area contributed by atoms with Crippen molar-refractivity contribution in [2.45, 2.75) is 13.0 Å². The number of hydrogen-bond acceptors (Lipinski definition) is 3. The number of benzene rings is 2. The molecular formula is C16H18ClNO2. The number of nitrogens with two attached hydrogens (primary N) is 1. The number of ether oxygens (including phenoxy) is 2. The Morgan fingerprint density at radius 3 is 2.55 bits per heavy atom. The zero-order valence-electron chi connectivity index (χ0n) is 11.4. The van der Waals surface area contributed by atoms with Gasteiger partial charge in [-0.3, -0.25) is 0 Å². The quantitative estimate of drug-likeness (QED) is 0.887. The summed E-state index contributed by atoms with van der Waals surface area (Å²) in [6, 6.07) is 13.4. The Kier molecular flexibility index (Phi) is 5.27. The summed E-state index contributed by atoms with van der Waals surface area (Å²) in [5, 5.41) is 0.688. The first kappa shape index (κ1) is 14.7. The SMILES string of the molecule is COc1ccccc1COc1cccc(Cl)c1CCN. The molecule has 0 unspecified atom stereocenters. The van der Waals surface area contributed by atoms with E-state index in [1.54, 1.807) is 7.11 Å². The second-order valence-corrected chi connectivity index (χ2v) is 4.76. The Bertz CT molecular complexity index is 572. The zero-order valence-corrected chi connectivity index (χ0v) is 12.2. The van der Waals surface area contributed by atoms with E-state index >= 15 is 0 Å². The molecule has 0 aliphatic rings. The van der Waals surface area contributed by atoms with Gasteiger partial charge >= 0.3 is 0 Å². The Morgan fingerprint density at radius 1 is 1.05 bits per heavy atom. The summed E-state index contributed by atoms with van der Waals surface area (Å²) in [5.41, 5.74) is 7.56. The fourth-order valence-corrected chi connectivity index (χ4v) is 2.30. The molecule has 2 N–H and O–H groups in total. The smallest absolute Gasteiger partial charge is 0.125 e. The zero-order chi connectivity index (χ0) is 14.4. The third kappa shape index (κ3) is 3.44.